The van der Waals surface area contributed by atoms with Crippen LogP contribution in [0.1, 0.15) is 22.8 Å². The number of nitrogens with zero attached hydrogens (tertiary/aromatic N) is 1. The molecule has 2 atom stereocenters. The number of anilines is 1. The number of carboxylic acids is 1. The number of rotatable bonds is 4. The van der Waals surface area contributed by atoms with Crippen LogP contribution in [0, 0.1) is 0 Å². The highest BCUT2D eigenvalue weighted by Crippen LogP contribution is 2.45. The molecule has 0 radical (unpaired) electrons. The lowest BCUT2D eigenvalue weighted by molar-refractivity contribution is -0.192. The molecule has 1 aliphatic heterocycles. The number of nitrogens with two attached hydrogens (primary N) is 1. The van der Waals surface area contributed by atoms with Crippen LogP contribution in [0.4, 0.5) is 18.9 Å². The molecule has 33 heavy (non-hydrogen) atoms. The van der Waals surface area contributed by atoms with E-state index in [1.807, 2.05) is 24.3 Å². The van der Waals surface area contributed by atoms with Crippen LogP contribution in [0.2, 0.25) is 5.15 Å². The van der Waals surface area contributed by atoms with Gasteiger partial charge in [-0.1, -0.05) is 41.9 Å². The molecule has 0 spiro atoms. The Labute approximate surface area is 205 Å². The highest BCUT2D eigenvalue weighted by molar-refractivity contribution is 9.10. The summed E-state index contributed by atoms with van der Waals surface area (Å²) >= 11 is 11.8. The van der Waals surface area contributed by atoms with E-state index >= 15 is 0 Å². The molecule has 0 unspecified atom stereocenters. The Morgan fingerprint density at radius 1 is 1.36 bits per heavy atom. The standard InChI is InChI=1S/C19H19BrClN3OS.C2HF3O2/c20-16-17-19(26-18(16)12-6-7-25-10-13(12)22)14(8-15(21)24-17)23-9-11-4-2-1-3-5-11;3-2(4,5)1(6)7/h1-5,8,12-13H,6-7,9-10,22H2,(H,23,24);(H,6,7)/t12-,13-;/m0./s1. The zero-order valence-corrected chi connectivity index (χ0v) is 20.2. The maximum absolute atomic E-state index is 10.6. The summed E-state index contributed by atoms with van der Waals surface area (Å²) in [7, 11) is 0. The van der Waals surface area contributed by atoms with E-state index in [1.54, 1.807) is 11.3 Å². The Bertz CT molecular complexity index is 1110. The van der Waals surface area contributed by atoms with E-state index in [2.05, 4.69) is 38.4 Å². The lowest BCUT2D eigenvalue weighted by Gasteiger charge is -2.28. The predicted molar refractivity (Wildman–Crippen MR) is 126 cm³/mol. The minimum absolute atomic E-state index is 0.00399. The minimum Gasteiger partial charge on any atom is -0.475 e. The number of aliphatic carboxylic acids is 1. The zero-order valence-electron chi connectivity index (χ0n) is 17.0. The summed E-state index contributed by atoms with van der Waals surface area (Å²) in [6, 6.07) is 12.2. The van der Waals surface area contributed by atoms with Crippen molar-refractivity contribution in [3.05, 3.63) is 56.5 Å². The number of halogens is 5. The van der Waals surface area contributed by atoms with Crippen molar-refractivity contribution in [2.24, 2.45) is 5.73 Å². The van der Waals surface area contributed by atoms with E-state index in [4.69, 9.17) is 32.0 Å². The van der Waals surface area contributed by atoms with Crippen LogP contribution in [0.3, 0.4) is 0 Å². The number of hydrogen-bond donors (Lipinski definition) is 3. The number of carboxylic acid groups (broad SMARTS) is 1. The first kappa shape index (κ1) is 25.7. The maximum Gasteiger partial charge on any atom is 0.490 e. The molecule has 2 aromatic heterocycles. The van der Waals surface area contributed by atoms with Gasteiger partial charge in [0.1, 0.15) is 5.15 Å². The van der Waals surface area contributed by atoms with Crippen molar-refractivity contribution in [3.8, 4) is 0 Å². The molecule has 1 saturated heterocycles. The van der Waals surface area contributed by atoms with Gasteiger partial charge >= 0.3 is 12.1 Å². The Hall–Kier alpha value is -1.92. The van der Waals surface area contributed by atoms with Crippen molar-refractivity contribution in [2.75, 3.05) is 18.5 Å². The molecule has 1 fully saturated rings. The van der Waals surface area contributed by atoms with Gasteiger partial charge in [0.2, 0.25) is 0 Å². The number of hydrogen-bond acceptors (Lipinski definition) is 6. The second-order valence-electron chi connectivity index (χ2n) is 7.23. The van der Waals surface area contributed by atoms with Gasteiger partial charge in [0, 0.05) is 36.1 Å². The molecular weight excluding hydrogens is 547 g/mol. The van der Waals surface area contributed by atoms with Crippen molar-refractivity contribution in [2.45, 2.75) is 31.1 Å². The Morgan fingerprint density at radius 3 is 2.64 bits per heavy atom. The van der Waals surface area contributed by atoms with Gasteiger partial charge in [-0.05, 0) is 27.9 Å². The maximum atomic E-state index is 10.6. The van der Waals surface area contributed by atoms with Gasteiger partial charge in [-0.25, -0.2) is 9.78 Å². The number of nitrogens with one attached hydrogen (secondary N) is 1. The average Bonchev–Trinajstić information content (AvgIpc) is 3.09. The van der Waals surface area contributed by atoms with Crippen LogP contribution >= 0.6 is 38.9 Å². The fourth-order valence-electron chi connectivity index (χ4n) is 3.27. The third-order valence-corrected chi connectivity index (χ3v) is 7.49. The number of carbonyl (C=O) groups is 1. The molecule has 12 heteroatoms. The second-order valence-corrected chi connectivity index (χ2v) is 9.46. The number of pyridine rings is 1. The summed E-state index contributed by atoms with van der Waals surface area (Å²) < 4.78 is 39.3. The van der Waals surface area contributed by atoms with Crippen molar-refractivity contribution in [3.63, 3.8) is 0 Å². The summed E-state index contributed by atoms with van der Waals surface area (Å²) in [6.45, 7) is 2.07. The number of thiophene rings is 1. The van der Waals surface area contributed by atoms with Gasteiger partial charge in [0.15, 0.2) is 0 Å². The highest BCUT2D eigenvalue weighted by atomic mass is 79.9. The first-order chi connectivity index (χ1) is 15.6. The molecule has 0 bridgehead atoms. The lowest BCUT2D eigenvalue weighted by atomic mass is 9.94. The molecule has 1 aromatic carbocycles. The largest absolute Gasteiger partial charge is 0.490 e. The molecule has 4 N–H and O–H groups in total. The van der Waals surface area contributed by atoms with Crippen molar-refractivity contribution in [1.29, 1.82) is 0 Å². The molecule has 3 heterocycles. The van der Waals surface area contributed by atoms with Crippen molar-refractivity contribution < 1.29 is 27.8 Å². The first-order valence-corrected chi connectivity index (χ1v) is 11.8. The van der Waals surface area contributed by atoms with Gasteiger partial charge in [-0.3, -0.25) is 0 Å². The van der Waals surface area contributed by atoms with Gasteiger partial charge in [-0.15, -0.1) is 11.3 Å². The number of benzene rings is 1. The van der Waals surface area contributed by atoms with Crippen LogP contribution in [0.15, 0.2) is 40.9 Å². The summed E-state index contributed by atoms with van der Waals surface area (Å²) in [5.41, 5.74) is 9.42. The van der Waals surface area contributed by atoms with Crippen molar-refractivity contribution >= 4 is 60.7 Å². The van der Waals surface area contributed by atoms with Gasteiger partial charge in [0.05, 0.1) is 27.0 Å². The minimum atomic E-state index is -5.08. The van der Waals surface area contributed by atoms with Gasteiger partial charge in [-0.2, -0.15) is 13.2 Å². The third kappa shape index (κ3) is 6.57. The van der Waals surface area contributed by atoms with Crippen LogP contribution in [-0.4, -0.2) is 41.5 Å². The topological polar surface area (TPSA) is 97.5 Å². The van der Waals surface area contributed by atoms with E-state index in [-0.39, 0.29) is 12.0 Å². The third-order valence-electron chi connectivity index (χ3n) is 4.88. The first-order valence-electron chi connectivity index (χ1n) is 9.77. The summed E-state index contributed by atoms with van der Waals surface area (Å²) in [6.07, 6.45) is -4.16. The van der Waals surface area contributed by atoms with E-state index in [1.165, 1.54) is 10.4 Å². The van der Waals surface area contributed by atoms with Gasteiger partial charge < -0.3 is 20.9 Å². The van der Waals surface area contributed by atoms with E-state index in [0.29, 0.717) is 11.8 Å². The predicted octanol–water partition coefficient (Wildman–Crippen LogP) is 5.79. The average molecular weight is 567 g/mol. The molecule has 4 rings (SSSR count). The lowest BCUT2D eigenvalue weighted by Crippen LogP contribution is -2.37. The van der Waals surface area contributed by atoms with Crippen LogP contribution in [0.5, 0.6) is 0 Å². The zero-order chi connectivity index (χ0) is 24.2. The number of aromatic nitrogens is 1. The van der Waals surface area contributed by atoms with Crippen molar-refractivity contribution in [1.82, 2.24) is 4.98 Å². The molecule has 3 aromatic rings. The highest BCUT2D eigenvalue weighted by Gasteiger charge is 2.38. The Balaban J connectivity index is 0.000000383. The Morgan fingerprint density at radius 2 is 2.03 bits per heavy atom. The van der Waals surface area contributed by atoms with E-state index < -0.39 is 12.1 Å². The van der Waals surface area contributed by atoms with Crippen LogP contribution in [-0.2, 0) is 16.1 Å². The fraction of sp³-hybridized carbons (Fsp3) is 0.333. The summed E-state index contributed by atoms with van der Waals surface area (Å²) in [5, 5.41) is 11.1. The van der Waals surface area contributed by atoms with E-state index in [0.717, 1.165) is 39.9 Å². The Kier molecular flexibility index (Phi) is 8.57. The molecule has 0 amide bonds. The SMILES string of the molecule is N[C@H]1COCC[C@@H]1c1sc2c(NCc3ccccc3)cc(Cl)nc2c1Br.O=C(O)C(F)(F)F. The van der Waals surface area contributed by atoms with E-state index in [9.17, 15) is 13.2 Å². The second kappa shape index (κ2) is 11.0. The molecule has 0 saturated carbocycles. The number of alkyl halides is 3. The summed E-state index contributed by atoms with van der Waals surface area (Å²) in [4.78, 5) is 14.7. The fourth-order valence-corrected chi connectivity index (χ4v) is 5.76. The molecule has 0 aliphatic carbocycles. The number of ether oxygens (including phenoxy) is 1. The van der Waals surface area contributed by atoms with Crippen LogP contribution in [0.25, 0.3) is 10.2 Å². The molecule has 6 nitrogen and oxygen atoms in total. The number of fused-ring (bicyclic) bond motifs is 1. The molecule has 1 aliphatic rings. The normalized spacial score (nSPS) is 18.5. The van der Waals surface area contributed by atoms with Crippen LogP contribution < -0.4 is 11.1 Å². The quantitative estimate of drug-likeness (QED) is 0.346. The van der Waals surface area contributed by atoms with Gasteiger partial charge in [0.25, 0.3) is 0 Å². The molecule has 178 valence electrons. The molecular formula is C21H20BrClF3N3O3S. The monoisotopic (exact) mass is 565 g/mol. The summed E-state index contributed by atoms with van der Waals surface area (Å²) in [5.74, 6) is -2.48. The smallest absolute Gasteiger partial charge is 0.475 e.